The quantitative estimate of drug-likeness (QED) is 0.862. The van der Waals surface area contributed by atoms with E-state index in [1.807, 2.05) is 13.0 Å². The molecule has 1 aliphatic rings. The third-order valence-electron chi connectivity index (χ3n) is 3.89. The molecule has 19 heavy (non-hydrogen) atoms. The molecule has 4 nitrogen and oxygen atoms in total. The van der Waals surface area contributed by atoms with Crippen LogP contribution in [0.3, 0.4) is 0 Å². The van der Waals surface area contributed by atoms with E-state index in [2.05, 4.69) is 4.72 Å². The van der Waals surface area contributed by atoms with Crippen molar-refractivity contribution in [3.05, 3.63) is 29.8 Å². The molecule has 1 fully saturated rings. The van der Waals surface area contributed by atoms with Crippen molar-refractivity contribution >= 4 is 10.0 Å². The van der Waals surface area contributed by atoms with Gasteiger partial charge in [-0.05, 0) is 49.4 Å². The van der Waals surface area contributed by atoms with Crippen LogP contribution in [-0.4, -0.2) is 21.0 Å². The maximum Gasteiger partial charge on any atom is 0.240 e. The van der Waals surface area contributed by atoms with Crippen molar-refractivity contribution in [2.45, 2.75) is 43.5 Å². The molecule has 106 valence electrons. The van der Waals surface area contributed by atoms with Gasteiger partial charge in [-0.2, -0.15) is 0 Å². The first-order valence-corrected chi connectivity index (χ1v) is 8.36. The highest BCUT2D eigenvalue weighted by atomic mass is 32.2. The van der Waals surface area contributed by atoms with Crippen molar-refractivity contribution in [3.8, 4) is 0 Å². The molecule has 3 N–H and O–H groups in total. The minimum absolute atomic E-state index is 0.0136. The number of hydrogen-bond donors (Lipinski definition) is 2. The Morgan fingerprint density at radius 2 is 2.16 bits per heavy atom. The Hall–Kier alpha value is -0.910. The number of nitrogens with one attached hydrogen (secondary N) is 1. The SMILES string of the molecule is CCc1cccc(S(=O)(=O)NC2CCCC2CN)c1. The van der Waals surface area contributed by atoms with Crippen LogP contribution >= 0.6 is 0 Å². The predicted molar refractivity (Wildman–Crippen MR) is 76.3 cm³/mol. The number of nitrogens with two attached hydrogens (primary N) is 1. The molecule has 0 amide bonds. The van der Waals surface area contributed by atoms with Crippen LogP contribution in [0.15, 0.2) is 29.2 Å². The molecule has 1 aromatic rings. The average Bonchev–Trinajstić information content (AvgIpc) is 2.85. The molecule has 0 heterocycles. The lowest BCUT2D eigenvalue weighted by molar-refractivity contribution is 0.453. The first-order valence-electron chi connectivity index (χ1n) is 6.88. The summed E-state index contributed by atoms with van der Waals surface area (Å²) in [5.41, 5.74) is 6.72. The Balaban J connectivity index is 2.17. The van der Waals surface area contributed by atoms with E-state index >= 15 is 0 Å². The van der Waals surface area contributed by atoms with Gasteiger partial charge in [0.15, 0.2) is 0 Å². The smallest absolute Gasteiger partial charge is 0.240 e. The highest BCUT2D eigenvalue weighted by Gasteiger charge is 2.30. The van der Waals surface area contributed by atoms with E-state index < -0.39 is 10.0 Å². The van der Waals surface area contributed by atoms with Crippen molar-refractivity contribution in [2.75, 3.05) is 6.54 Å². The highest BCUT2D eigenvalue weighted by molar-refractivity contribution is 7.89. The summed E-state index contributed by atoms with van der Waals surface area (Å²) in [6.45, 7) is 2.56. The zero-order chi connectivity index (χ0) is 13.9. The monoisotopic (exact) mass is 282 g/mol. The van der Waals surface area contributed by atoms with Gasteiger partial charge in [-0.25, -0.2) is 13.1 Å². The van der Waals surface area contributed by atoms with Gasteiger partial charge in [-0.3, -0.25) is 0 Å². The molecule has 1 saturated carbocycles. The molecule has 5 heteroatoms. The Morgan fingerprint density at radius 1 is 1.37 bits per heavy atom. The standard InChI is InChI=1S/C14H22N2O2S/c1-2-11-5-3-7-13(9-11)19(17,18)16-14-8-4-6-12(14)10-15/h3,5,7,9,12,14,16H,2,4,6,8,10,15H2,1H3. The van der Waals surface area contributed by atoms with E-state index in [0.717, 1.165) is 31.2 Å². The molecular formula is C14H22N2O2S. The minimum atomic E-state index is -3.42. The summed E-state index contributed by atoms with van der Waals surface area (Å²) in [6, 6.07) is 7.11. The molecule has 0 radical (unpaired) electrons. The lowest BCUT2D eigenvalue weighted by atomic mass is 10.1. The number of hydrogen-bond acceptors (Lipinski definition) is 3. The summed E-state index contributed by atoms with van der Waals surface area (Å²) in [7, 11) is -3.42. The summed E-state index contributed by atoms with van der Waals surface area (Å²) in [5.74, 6) is 0.268. The summed E-state index contributed by atoms with van der Waals surface area (Å²) in [5, 5.41) is 0. The van der Waals surface area contributed by atoms with Crippen LogP contribution in [0.1, 0.15) is 31.7 Å². The number of rotatable bonds is 5. The molecular weight excluding hydrogens is 260 g/mol. The van der Waals surface area contributed by atoms with Gasteiger partial charge in [0.1, 0.15) is 0 Å². The molecule has 2 unspecified atom stereocenters. The second-order valence-electron chi connectivity index (χ2n) is 5.16. The van der Waals surface area contributed by atoms with Gasteiger partial charge in [-0.1, -0.05) is 25.5 Å². The van der Waals surface area contributed by atoms with Crippen LogP contribution < -0.4 is 10.5 Å². The maximum atomic E-state index is 12.4. The van der Waals surface area contributed by atoms with E-state index in [-0.39, 0.29) is 12.0 Å². The molecule has 2 atom stereocenters. The van der Waals surface area contributed by atoms with E-state index in [1.165, 1.54) is 0 Å². The van der Waals surface area contributed by atoms with Crippen molar-refractivity contribution in [3.63, 3.8) is 0 Å². The first-order chi connectivity index (χ1) is 9.06. The zero-order valence-electron chi connectivity index (χ0n) is 11.3. The topological polar surface area (TPSA) is 72.2 Å². The lowest BCUT2D eigenvalue weighted by Crippen LogP contribution is -2.39. The first kappa shape index (κ1) is 14.5. The van der Waals surface area contributed by atoms with E-state index in [9.17, 15) is 8.42 Å². The van der Waals surface area contributed by atoms with Crippen LogP contribution in [0.5, 0.6) is 0 Å². The Morgan fingerprint density at radius 3 is 2.84 bits per heavy atom. The molecule has 0 saturated heterocycles. The average molecular weight is 282 g/mol. The second-order valence-corrected chi connectivity index (χ2v) is 6.87. The molecule has 0 aromatic heterocycles. The number of benzene rings is 1. The van der Waals surface area contributed by atoms with Gasteiger partial charge in [0.2, 0.25) is 10.0 Å². The van der Waals surface area contributed by atoms with Crippen LogP contribution in [0.25, 0.3) is 0 Å². The summed E-state index contributed by atoms with van der Waals surface area (Å²) >= 11 is 0. The van der Waals surface area contributed by atoms with Gasteiger partial charge in [0.05, 0.1) is 4.90 Å². The van der Waals surface area contributed by atoms with Crippen molar-refractivity contribution < 1.29 is 8.42 Å². The van der Waals surface area contributed by atoms with Crippen molar-refractivity contribution in [2.24, 2.45) is 11.7 Å². The molecule has 0 spiro atoms. The Kier molecular flexibility index (Phi) is 4.60. The third kappa shape index (κ3) is 3.35. The maximum absolute atomic E-state index is 12.4. The van der Waals surface area contributed by atoms with E-state index in [4.69, 9.17) is 5.73 Å². The van der Waals surface area contributed by atoms with Gasteiger partial charge in [0.25, 0.3) is 0 Å². The van der Waals surface area contributed by atoms with Crippen LogP contribution in [-0.2, 0) is 16.4 Å². The molecule has 1 aromatic carbocycles. The van der Waals surface area contributed by atoms with Crippen molar-refractivity contribution in [1.29, 1.82) is 0 Å². The molecule has 0 aliphatic heterocycles. The zero-order valence-corrected chi connectivity index (χ0v) is 12.1. The van der Waals surface area contributed by atoms with E-state index in [1.54, 1.807) is 18.2 Å². The van der Waals surface area contributed by atoms with Crippen LogP contribution in [0.2, 0.25) is 0 Å². The largest absolute Gasteiger partial charge is 0.330 e. The fourth-order valence-corrected chi connectivity index (χ4v) is 4.08. The fourth-order valence-electron chi connectivity index (χ4n) is 2.67. The second kappa shape index (κ2) is 6.03. The lowest BCUT2D eigenvalue weighted by Gasteiger charge is -2.19. The van der Waals surface area contributed by atoms with E-state index in [0.29, 0.717) is 11.4 Å². The Labute approximate surface area is 115 Å². The number of aryl methyl sites for hydroxylation is 1. The van der Waals surface area contributed by atoms with Gasteiger partial charge in [-0.15, -0.1) is 0 Å². The van der Waals surface area contributed by atoms with Crippen LogP contribution in [0, 0.1) is 5.92 Å². The summed E-state index contributed by atoms with van der Waals surface area (Å²) in [6.07, 6.45) is 3.77. The van der Waals surface area contributed by atoms with Gasteiger partial charge >= 0.3 is 0 Å². The summed E-state index contributed by atoms with van der Waals surface area (Å²) < 4.78 is 27.5. The molecule has 1 aliphatic carbocycles. The minimum Gasteiger partial charge on any atom is -0.330 e. The van der Waals surface area contributed by atoms with Crippen LogP contribution in [0.4, 0.5) is 0 Å². The highest BCUT2D eigenvalue weighted by Crippen LogP contribution is 2.26. The summed E-state index contributed by atoms with van der Waals surface area (Å²) in [4.78, 5) is 0.356. The van der Waals surface area contributed by atoms with Gasteiger partial charge < -0.3 is 5.73 Å². The van der Waals surface area contributed by atoms with Crippen molar-refractivity contribution in [1.82, 2.24) is 4.72 Å². The molecule has 0 bridgehead atoms. The Bertz CT molecular complexity index is 528. The van der Waals surface area contributed by atoms with Gasteiger partial charge in [0, 0.05) is 6.04 Å². The molecule has 2 rings (SSSR count). The normalized spacial score (nSPS) is 23.7. The third-order valence-corrected chi connectivity index (χ3v) is 5.37. The predicted octanol–water partition coefficient (Wildman–Crippen LogP) is 1.65. The number of sulfonamides is 1. The fraction of sp³-hybridized carbons (Fsp3) is 0.571.